The first kappa shape index (κ1) is 21.5. The normalized spacial score (nSPS) is 17.0. The fourth-order valence-electron chi connectivity index (χ4n) is 3.91. The topological polar surface area (TPSA) is 66.5 Å². The Balaban J connectivity index is 1.80. The number of amides is 1. The van der Waals surface area contributed by atoms with Gasteiger partial charge in [0.05, 0.1) is 5.75 Å². The Bertz CT molecular complexity index is 940. The fraction of sp³-hybridized carbons (Fsp3) is 0.409. The van der Waals surface area contributed by atoms with E-state index in [4.69, 9.17) is 0 Å². The van der Waals surface area contributed by atoms with Crippen molar-refractivity contribution in [2.45, 2.75) is 31.6 Å². The van der Waals surface area contributed by atoms with Gasteiger partial charge in [-0.05, 0) is 49.1 Å². The summed E-state index contributed by atoms with van der Waals surface area (Å²) in [5.74, 6) is -0.398. The average Bonchev–Trinajstić information content (AvgIpc) is 2.73. The number of halogens is 1. The highest BCUT2D eigenvalue weighted by molar-refractivity contribution is 7.89. The maximum atomic E-state index is 13.9. The van der Waals surface area contributed by atoms with Crippen molar-refractivity contribution in [3.63, 3.8) is 0 Å². The standard InChI is InChI=1S/C22H27FN2O3S/c1-2-15-29(27,28)25-13-11-22(12-14-25,19-9-6-10-20(23)16-19)17-24-21(26)18-7-4-3-5-8-18/h3-10,16H,2,11-15,17H2,1H3,(H,24,26). The summed E-state index contributed by atoms with van der Waals surface area (Å²) in [5.41, 5.74) is 0.841. The predicted octanol–water partition coefficient (Wildman–Crippen LogP) is 3.33. The summed E-state index contributed by atoms with van der Waals surface area (Å²) >= 11 is 0. The van der Waals surface area contributed by atoms with E-state index in [-0.39, 0.29) is 17.5 Å². The Morgan fingerprint density at radius 3 is 2.41 bits per heavy atom. The largest absolute Gasteiger partial charge is 0.351 e. The van der Waals surface area contributed by atoms with Gasteiger partial charge >= 0.3 is 0 Å². The van der Waals surface area contributed by atoms with E-state index in [1.165, 1.54) is 16.4 Å². The van der Waals surface area contributed by atoms with Crippen LogP contribution in [0.15, 0.2) is 54.6 Å². The van der Waals surface area contributed by atoms with E-state index in [2.05, 4.69) is 5.32 Å². The summed E-state index contributed by atoms with van der Waals surface area (Å²) in [6.45, 7) is 2.89. The zero-order valence-corrected chi connectivity index (χ0v) is 17.4. The minimum absolute atomic E-state index is 0.130. The van der Waals surface area contributed by atoms with E-state index in [9.17, 15) is 17.6 Å². The van der Waals surface area contributed by atoms with Gasteiger partial charge in [0, 0.05) is 30.6 Å². The molecule has 0 unspecified atom stereocenters. The molecule has 3 rings (SSSR count). The molecule has 0 radical (unpaired) electrons. The van der Waals surface area contributed by atoms with Crippen LogP contribution in [0.2, 0.25) is 0 Å². The second-order valence-electron chi connectivity index (χ2n) is 7.55. The number of nitrogens with zero attached hydrogens (tertiary/aromatic N) is 1. The molecule has 0 spiro atoms. The van der Waals surface area contributed by atoms with Gasteiger partial charge in [-0.15, -0.1) is 0 Å². The lowest BCUT2D eigenvalue weighted by atomic mass is 9.73. The van der Waals surface area contributed by atoms with Gasteiger partial charge in [0.2, 0.25) is 10.0 Å². The Labute approximate surface area is 172 Å². The summed E-state index contributed by atoms with van der Waals surface area (Å²) < 4.78 is 40.3. The van der Waals surface area contributed by atoms with Gasteiger partial charge in [-0.1, -0.05) is 37.3 Å². The third kappa shape index (κ3) is 5.03. The molecule has 1 saturated heterocycles. The molecule has 0 atom stereocenters. The number of piperidine rings is 1. The van der Waals surface area contributed by atoms with Crippen LogP contribution >= 0.6 is 0 Å². The summed E-state index contributed by atoms with van der Waals surface area (Å²) in [7, 11) is -3.28. The lowest BCUT2D eigenvalue weighted by Gasteiger charge is -2.42. The maximum absolute atomic E-state index is 13.9. The van der Waals surface area contributed by atoms with Gasteiger partial charge in [0.15, 0.2) is 0 Å². The van der Waals surface area contributed by atoms with Gasteiger partial charge in [-0.2, -0.15) is 0 Å². The Kier molecular flexibility index (Phi) is 6.70. The molecule has 1 amide bonds. The molecule has 1 N–H and O–H groups in total. The van der Waals surface area contributed by atoms with Crippen LogP contribution in [0.1, 0.15) is 42.1 Å². The number of hydrogen-bond acceptors (Lipinski definition) is 3. The smallest absolute Gasteiger partial charge is 0.251 e. The van der Waals surface area contributed by atoms with Crippen LogP contribution in [0.4, 0.5) is 4.39 Å². The SMILES string of the molecule is CCCS(=O)(=O)N1CCC(CNC(=O)c2ccccc2)(c2cccc(F)c2)CC1. The van der Waals surface area contributed by atoms with Crippen LogP contribution in [0.25, 0.3) is 0 Å². The van der Waals surface area contributed by atoms with Gasteiger partial charge in [0.1, 0.15) is 5.82 Å². The molecule has 2 aromatic carbocycles. The summed E-state index contributed by atoms with van der Waals surface area (Å²) in [4.78, 5) is 12.5. The first-order valence-electron chi connectivity index (χ1n) is 9.93. The van der Waals surface area contributed by atoms with Gasteiger partial charge < -0.3 is 5.32 Å². The zero-order valence-electron chi connectivity index (χ0n) is 16.6. The molecule has 7 heteroatoms. The molecule has 1 fully saturated rings. The monoisotopic (exact) mass is 418 g/mol. The van der Waals surface area contributed by atoms with Crippen molar-refractivity contribution in [1.82, 2.24) is 9.62 Å². The van der Waals surface area contributed by atoms with Crippen molar-refractivity contribution in [2.24, 2.45) is 0 Å². The average molecular weight is 419 g/mol. The van der Waals surface area contributed by atoms with Crippen molar-refractivity contribution < 1.29 is 17.6 Å². The molecule has 5 nitrogen and oxygen atoms in total. The Morgan fingerprint density at radius 2 is 1.79 bits per heavy atom. The molecule has 1 aliphatic rings. The van der Waals surface area contributed by atoms with Crippen LogP contribution in [0, 0.1) is 5.82 Å². The molecule has 29 heavy (non-hydrogen) atoms. The predicted molar refractivity (Wildman–Crippen MR) is 112 cm³/mol. The first-order valence-corrected chi connectivity index (χ1v) is 11.5. The van der Waals surface area contributed by atoms with E-state index in [0.29, 0.717) is 44.5 Å². The number of sulfonamides is 1. The van der Waals surface area contributed by atoms with Crippen molar-refractivity contribution >= 4 is 15.9 Å². The molecule has 156 valence electrons. The number of rotatable bonds is 7. The second-order valence-corrected chi connectivity index (χ2v) is 9.64. The number of hydrogen-bond donors (Lipinski definition) is 1. The molecule has 0 bridgehead atoms. The maximum Gasteiger partial charge on any atom is 0.251 e. The van der Waals surface area contributed by atoms with E-state index >= 15 is 0 Å². The van der Waals surface area contributed by atoms with Gasteiger partial charge in [-0.3, -0.25) is 4.79 Å². The highest BCUT2D eigenvalue weighted by atomic mass is 32.2. The number of benzene rings is 2. The van der Waals surface area contributed by atoms with Gasteiger partial charge in [-0.25, -0.2) is 17.1 Å². The lowest BCUT2D eigenvalue weighted by molar-refractivity contribution is 0.0933. The van der Waals surface area contributed by atoms with E-state index in [1.54, 1.807) is 30.3 Å². The second kappa shape index (κ2) is 9.05. The zero-order chi connectivity index (χ0) is 20.9. The molecule has 1 heterocycles. The van der Waals surface area contributed by atoms with Crippen LogP contribution in [-0.4, -0.2) is 44.0 Å². The van der Waals surface area contributed by atoms with Crippen LogP contribution in [-0.2, 0) is 15.4 Å². The molecular weight excluding hydrogens is 391 g/mol. The quantitative estimate of drug-likeness (QED) is 0.750. The Morgan fingerprint density at radius 1 is 1.10 bits per heavy atom. The van der Waals surface area contributed by atoms with Crippen molar-refractivity contribution in [1.29, 1.82) is 0 Å². The van der Waals surface area contributed by atoms with E-state index in [0.717, 1.165) is 5.56 Å². The molecule has 2 aromatic rings. The molecule has 1 aliphatic heterocycles. The highest BCUT2D eigenvalue weighted by Crippen LogP contribution is 2.36. The summed E-state index contributed by atoms with van der Waals surface area (Å²) in [6, 6.07) is 15.3. The lowest BCUT2D eigenvalue weighted by Crippen LogP contribution is -2.50. The van der Waals surface area contributed by atoms with Crippen molar-refractivity contribution in [2.75, 3.05) is 25.4 Å². The minimum Gasteiger partial charge on any atom is -0.351 e. The Hall–Kier alpha value is -2.25. The molecule has 0 aromatic heterocycles. The van der Waals surface area contributed by atoms with Crippen molar-refractivity contribution in [3.05, 3.63) is 71.5 Å². The van der Waals surface area contributed by atoms with Crippen LogP contribution in [0.3, 0.4) is 0 Å². The van der Waals surface area contributed by atoms with Gasteiger partial charge in [0.25, 0.3) is 5.91 Å². The summed E-state index contributed by atoms with van der Waals surface area (Å²) in [6.07, 6.45) is 1.62. The summed E-state index contributed by atoms with van der Waals surface area (Å²) in [5, 5.41) is 2.98. The van der Waals surface area contributed by atoms with Crippen molar-refractivity contribution in [3.8, 4) is 0 Å². The first-order chi connectivity index (χ1) is 13.9. The van der Waals surface area contributed by atoms with Crippen LogP contribution in [0.5, 0.6) is 0 Å². The minimum atomic E-state index is -3.28. The third-order valence-electron chi connectivity index (χ3n) is 5.60. The fourth-order valence-corrected chi connectivity index (χ4v) is 5.42. The molecular formula is C22H27FN2O3S. The molecule has 0 aliphatic carbocycles. The van der Waals surface area contributed by atoms with E-state index < -0.39 is 15.4 Å². The van der Waals surface area contributed by atoms with E-state index in [1.807, 2.05) is 19.1 Å². The molecule has 0 saturated carbocycles. The number of carbonyl (C=O) groups is 1. The number of nitrogens with one attached hydrogen (secondary N) is 1. The third-order valence-corrected chi connectivity index (χ3v) is 7.67. The number of carbonyl (C=O) groups excluding carboxylic acids is 1. The highest BCUT2D eigenvalue weighted by Gasteiger charge is 2.39. The van der Waals surface area contributed by atoms with Crippen LogP contribution < -0.4 is 5.32 Å².